The van der Waals surface area contributed by atoms with Gasteiger partial charge in [0.1, 0.15) is 0 Å². The number of nitrogens with zero attached hydrogens (tertiary/aromatic N) is 4. The molecule has 2 aromatic carbocycles. The van der Waals surface area contributed by atoms with Crippen molar-refractivity contribution < 1.29 is 20.1 Å². The van der Waals surface area contributed by atoms with Gasteiger partial charge < -0.3 is 4.68 Å². The molecule has 3 aromatic heterocycles. The minimum atomic E-state index is 0. The van der Waals surface area contributed by atoms with Gasteiger partial charge in [-0.15, -0.1) is 0 Å². The topological polar surface area (TPSA) is 35.1 Å². The molecule has 0 spiro atoms. The predicted octanol–water partition coefficient (Wildman–Crippen LogP) is 3.62. The van der Waals surface area contributed by atoms with Crippen LogP contribution in [0.2, 0.25) is 0 Å². The summed E-state index contributed by atoms with van der Waals surface area (Å²) in [7, 11) is 0. The molecule has 0 aliphatic rings. The molecule has 5 heteroatoms. The molecule has 3 heterocycles. The van der Waals surface area contributed by atoms with E-state index in [-0.39, 0.29) is 20.1 Å². The molecule has 0 unspecified atom stereocenters. The monoisotopic (exact) mass is 476 g/mol. The van der Waals surface area contributed by atoms with E-state index in [1.165, 1.54) is 5.39 Å². The molecular weight excluding hydrogens is 464 g/mol. The second kappa shape index (κ2) is 5.30. The maximum Gasteiger partial charge on any atom is 0.0697 e. The number of hydrogen-bond acceptors (Lipinski definition) is 2. The Labute approximate surface area is 145 Å². The van der Waals surface area contributed by atoms with Crippen LogP contribution in [0.25, 0.3) is 33.0 Å². The van der Waals surface area contributed by atoms with Crippen molar-refractivity contribution in [2.24, 2.45) is 0 Å². The minimum absolute atomic E-state index is 0. The fourth-order valence-electron chi connectivity index (χ4n) is 3.04. The summed E-state index contributed by atoms with van der Waals surface area (Å²) in [5.41, 5.74) is 4.01. The van der Waals surface area contributed by atoms with Crippen molar-refractivity contribution in [3.05, 3.63) is 73.1 Å². The summed E-state index contributed by atoms with van der Waals surface area (Å²) >= 11 is 0. The molecule has 0 atom stereocenters. The number of para-hydroxylation sites is 1. The van der Waals surface area contributed by atoms with E-state index >= 15 is 0 Å². The maximum atomic E-state index is 4.48. The Hall–Kier alpha value is -2.49. The van der Waals surface area contributed by atoms with Crippen LogP contribution in [0.4, 0.5) is 0 Å². The number of hydrogen-bond donors (Lipinski definition) is 0. The molecule has 0 fully saturated rings. The standard InChI is InChI=1S/C18H11N4.Ir/c1-2-6-13(7-3-1)21-18-15-9-5-4-8-14(15)16-10-11-19-22(16)17(18)12-20-21;/h1-11H;/q-1;. The summed E-state index contributed by atoms with van der Waals surface area (Å²) in [5, 5.41) is 11.2. The SMILES string of the molecule is [Ir].[c-]1nn(-c2ccccc2)c2c3ccccc3c3ccnn3c12. The number of rotatable bonds is 1. The Morgan fingerprint density at radius 3 is 2.39 bits per heavy atom. The Kier molecular flexibility index (Phi) is 3.26. The van der Waals surface area contributed by atoms with Crippen molar-refractivity contribution in [1.82, 2.24) is 19.4 Å². The molecule has 0 saturated heterocycles. The average Bonchev–Trinajstić information content (AvgIpc) is 3.23. The zero-order chi connectivity index (χ0) is 14.5. The second-order valence-electron chi connectivity index (χ2n) is 5.23. The van der Waals surface area contributed by atoms with Crippen molar-refractivity contribution >= 4 is 27.3 Å². The van der Waals surface area contributed by atoms with Crippen LogP contribution in [-0.4, -0.2) is 19.4 Å². The first-order valence-electron chi connectivity index (χ1n) is 7.14. The van der Waals surface area contributed by atoms with Crippen molar-refractivity contribution in [3.63, 3.8) is 0 Å². The third-order valence-electron chi connectivity index (χ3n) is 4.01. The zero-order valence-electron chi connectivity index (χ0n) is 12.0. The van der Waals surface area contributed by atoms with E-state index in [0.29, 0.717) is 0 Å². The van der Waals surface area contributed by atoms with Crippen LogP contribution in [0.3, 0.4) is 0 Å². The van der Waals surface area contributed by atoms with Crippen LogP contribution in [0, 0.1) is 6.20 Å². The van der Waals surface area contributed by atoms with E-state index < -0.39 is 0 Å². The number of pyridine rings is 1. The Bertz CT molecular complexity index is 1130. The fourth-order valence-corrected chi connectivity index (χ4v) is 3.04. The quantitative estimate of drug-likeness (QED) is 0.347. The summed E-state index contributed by atoms with van der Waals surface area (Å²) in [6, 6.07) is 20.5. The van der Waals surface area contributed by atoms with Crippen LogP contribution in [0.1, 0.15) is 0 Å². The summed E-state index contributed by atoms with van der Waals surface area (Å²) in [6.45, 7) is 0. The number of benzene rings is 2. The van der Waals surface area contributed by atoms with Crippen molar-refractivity contribution in [2.75, 3.05) is 0 Å². The second-order valence-corrected chi connectivity index (χ2v) is 5.23. The van der Waals surface area contributed by atoms with Crippen molar-refractivity contribution in [1.29, 1.82) is 0 Å². The molecule has 0 amide bonds. The summed E-state index contributed by atoms with van der Waals surface area (Å²) in [6.07, 6.45) is 4.94. The zero-order valence-corrected chi connectivity index (χ0v) is 14.4. The normalized spacial score (nSPS) is 11.1. The molecule has 113 valence electrons. The molecule has 5 aromatic rings. The van der Waals surface area contributed by atoms with Gasteiger partial charge in [-0.25, -0.2) is 0 Å². The van der Waals surface area contributed by atoms with Gasteiger partial charge in [0.25, 0.3) is 0 Å². The van der Waals surface area contributed by atoms with Gasteiger partial charge in [0.05, 0.1) is 5.52 Å². The number of fused-ring (bicyclic) bond motifs is 6. The first kappa shape index (κ1) is 14.1. The van der Waals surface area contributed by atoms with Gasteiger partial charge in [0.15, 0.2) is 0 Å². The molecule has 23 heavy (non-hydrogen) atoms. The first-order chi connectivity index (χ1) is 10.9. The Balaban J connectivity index is 0.00000135. The summed E-state index contributed by atoms with van der Waals surface area (Å²) in [5.74, 6) is 0. The number of aromatic nitrogens is 4. The van der Waals surface area contributed by atoms with Gasteiger partial charge in [-0.1, -0.05) is 65.1 Å². The van der Waals surface area contributed by atoms with E-state index in [0.717, 1.165) is 27.6 Å². The molecule has 4 nitrogen and oxygen atoms in total. The first-order valence-corrected chi connectivity index (χ1v) is 7.14. The van der Waals surface area contributed by atoms with Gasteiger partial charge >= 0.3 is 0 Å². The van der Waals surface area contributed by atoms with Gasteiger partial charge in [-0.3, -0.25) is 9.61 Å². The molecule has 0 bridgehead atoms. The molecule has 0 saturated carbocycles. The van der Waals surface area contributed by atoms with Crippen LogP contribution >= 0.6 is 0 Å². The smallest absolute Gasteiger partial charge is 0.0697 e. The summed E-state index contributed by atoms with van der Waals surface area (Å²) in [4.78, 5) is 0. The molecular formula is C18H11IrN4-. The van der Waals surface area contributed by atoms with Crippen LogP contribution in [0.15, 0.2) is 66.9 Å². The van der Waals surface area contributed by atoms with Crippen LogP contribution in [0.5, 0.6) is 0 Å². The largest absolute Gasteiger partial charge is 0.329 e. The predicted molar refractivity (Wildman–Crippen MR) is 86.2 cm³/mol. The molecule has 0 aliphatic carbocycles. The molecule has 5 rings (SSSR count). The van der Waals surface area contributed by atoms with E-state index in [9.17, 15) is 0 Å². The molecule has 0 aliphatic heterocycles. The van der Waals surface area contributed by atoms with E-state index in [1.54, 1.807) is 0 Å². The molecule has 1 radical (unpaired) electrons. The van der Waals surface area contributed by atoms with Gasteiger partial charge in [-0.2, -0.15) is 5.10 Å². The minimum Gasteiger partial charge on any atom is -0.329 e. The molecule has 0 N–H and O–H groups in total. The van der Waals surface area contributed by atoms with E-state index in [2.05, 4.69) is 34.6 Å². The van der Waals surface area contributed by atoms with Gasteiger partial charge in [-0.05, 0) is 23.6 Å². The third-order valence-corrected chi connectivity index (χ3v) is 4.01. The third kappa shape index (κ3) is 1.94. The van der Waals surface area contributed by atoms with E-state index in [4.69, 9.17) is 0 Å². The summed E-state index contributed by atoms with van der Waals surface area (Å²) < 4.78 is 3.84. The Morgan fingerprint density at radius 2 is 1.57 bits per heavy atom. The van der Waals surface area contributed by atoms with Crippen LogP contribution in [-0.2, 0) is 20.1 Å². The van der Waals surface area contributed by atoms with Crippen LogP contribution < -0.4 is 0 Å². The van der Waals surface area contributed by atoms with E-state index in [1.807, 2.05) is 57.9 Å². The fraction of sp³-hybridized carbons (Fsp3) is 0. The van der Waals surface area contributed by atoms with Gasteiger partial charge in [0, 0.05) is 32.0 Å². The average molecular weight is 476 g/mol. The van der Waals surface area contributed by atoms with Crippen molar-refractivity contribution in [2.45, 2.75) is 0 Å². The Morgan fingerprint density at radius 1 is 0.826 bits per heavy atom. The maximum absolute atomic E-state index is 4.48. The van der Waals surface area contributed by atoms with Gasteiger partial charge in [0.2, 0.25) is 0 Å². The van der Waals surface area contributed by atoms with Crippen molar-refractivity contribution in [3.8, 4) is 5.69 Å².